The molecule has 98 valence electrons. The molecule has 0 aromatic rings. The molecule has 6 nitrogen and oxygen atoms in total. The van der Waals surface area contributed by atoms with Gasteiger partial charge in [0.15, 0.2) is 5.60 Å². The molecular formula is C13H12N2O4. The van der Waals surface area contributed by atoms with Crippen molar-refractivity contribution >= 4 is 17.7 Å². The maximum Gasteiger partial charge on any atom is 0.263 e. The molecule has 1 spiro atoms. The lowest BCUT2D eigenvalue weighted by molar-refractivity contribution is -0.145. The van der Waals surface area contributed by atoms with Crippen LogP contribution in [-0.4, -0.2) is 46.9 Å². The van der Waals surface area contributed by atoms with Gasteiger partial charge in [0.05, 0.1) is 0 Å². The number of rotatable bonds is 1. The van der Waals surface area contributed by atoms with Crippen molar-refractivity contribution in [1.82, 2.24) is 10.2 Å². The number of ether oxygens (including phenoxy) is 1. The topological polar surface area (TPSA) is 79.0 Å². The van der Waals surface area contributed by atoms with Crippen molar-refractivity contribution < 1.29 is 19.1 Å². The minimum atomic E-state index is -0.837. The molecule has 4 rings (SSSR count). The maximum absolute atomic E-state index is 12.5. The molecule has 3 amide bonds. The first-order valence-corrected chi connectivity index (χ1v) is 6.33. The highest BCUT2D eigenvalue weighted by atomic mass is 16.6. The highest BCUT2D eigenvalue weighted by Crippen LogP contribution is 2.51. The van der Waals surface area contributed by atoms with Crippen molar-refractivity contribution in [3.8, 4) is 0 Å². The first-order chi connectivity index (χ1) is 9.13. The van der Waals surface area contributed by atoms with E-state index in [0.717, 1.165) is 5.57 Å². The number of likely N-dealkylation sites (tertiary alicyclic amines) is 1. The molecule has 4 aliphatic rings. The second-order valence-electron chi connectivity index (χ2n) is 5.25. The van der Waals surface area contributed by atoms with Crippen molar-refractivity contribution in [2.75, 3.05) is 6.54 Å². The Kier molecular flexibility index (Phi) is 1.91. The van der Waals surface area contributed by atoms with Crippen molar-refractivity contribution in [2.45, 2.75) is 30.6 Å². The summed E-state index contributed by atoms with van der Waals surface area (Å²) in [5, 5.41) is 2.29. The quantitative estimate of drug-likeness (QED) is 0.498. The highest BCUT2D eigenvalue weighted by molar-refractivity contribution is 6.04. The fourth-order valence-corrected chi connectivity index (χ4v) is 3.18. The first kappa shape index (κ1) is 10.9. The average molecular weight is 260 g/mol. The second kappa shape index (κ2) is 3.33. The average Bonchev–Trinajstić information content (AvgIpc) is 3.06. The molecule has 0 bridgehead atoms. The summed E-state index contributed by atoms with van der Waals surface area (Å²) in [5.74, 6) is -0.807. The molecule has 3 fully saturated rings. The molecule has 3 unspecified atom stereocenters. The first-order valence-electron chi connectivity index (χ1n) is 6.33. The number of carbonyl (C=O) groups excluding carboxylic acids is 3. The molecular weight excluding hydrogens is 248 g/mol. The number of hydrogen-bond acceptors (Lipinski definition) is 4. The van der Waals surface area contributed by atoms with Gasteiger partial charge >= 0.3 is 0 Å². The molecule has 1 N–H and O–H groups in total. The fraction of sp³-hybridized carbons (Fsp3) is 0.462. The molecule has 0 aromatic carbocycles. The van der Waals surface area contributed by atoms with E-state index in [2.05, 4.69) is 5.32 Å². The Morgan fingerprint density at radius 3 is 2.95 bits per heavy atom. The second-order valence-corrected chi connectivity index (χ2v) is 5.25. The number of carbonyl (C=O) groups is 3. The molecule has 0 aromatic heterocycles. The van der Waals surface area contributed by atoms with Gasteiger partial charge < -0.3 is 9.64 Å². The zero-order chi connectivity index (χ0) is 13.2. The molecule has 0 saturated carbocycles. The summed E-state index contributed by atoms with van der Waals surface area (Å²) in [7, 11) is 0. The Bertz CT molecular complexity index is 579. The van der Waals surface area contributed by atoms with Crippen molar-refractivity contribution in [2.24, 2.45) is 0 Å². The number of imide groups is 1. The third kappa shape index (κ3) is 1.26. The van der Waals surface area contributed by atoms with Gasteiger partial charge in [-0.05, 0) is 12.0 Å². The molecule has 3 saturated heterocycles. The van der Waals surface area contributed by atoms with Crippen LogP contribution in [0.1, 0.15) is 12.8 Å². The summed E-state index contributed by atoms with van der Waals surface area (Å²) < 4.78 is 5.53. The molecule has 0 radical (unpaired) electrons. The largest absolute Gasteiger partial charge is 0.346 e. The van der Waals surface area contributed by atoms with Crippen LogP contribution in [0.25, 0.3) is 0 Å². The van der Waals surface area contributed by atoms with E-state index in [1.807, 2.05) is 18.2 Å². The highest BCUT2D eigenvalue weighted by Gasteiger charge is 2.70. The number of amides is 3. The minimum absolute atomic E-state index is 0.150. The maximum atomic E-state index is 12.5. The van der Waals surface area contributed by atoms with Crippen LogP contribution in [0.2, 0.25) is 0 Å². The van der Waals surface area contributed by atoms with Crippen LogP contribution in [-0.2, 0) is 19.1 Å². The normalized spacial score (nSPS) is 39.7. The van der Waals surface area contributed by atoms with Gasteiger partial charge in [0.2, 0.25) is 11.8 Å². The minimum Gasteiger partial charge on any atom is -0.346 e. The number of nitrogens with one attached hydrogen (secondary N) is 1. The van der Waals surface area contributed by atoms with Gasteiger partial charge in [0.1, 0.15) is 12.1 Å². The van der Waals surface area contributed by atoms with Crippen molar-refractivity contribution in [1.29, 1.82) is 0 Å². The van der Waals surface area contributed by atoms with Crippen LogP contribution < -0.4 is 5.32 Å². The van der Waals surface area contributed by atoms with E-state index in [4.69, 9.17) is 4.74 Å². The van der Waals surface area contributed by atoms with Gasteiger partial charge in [-0.3, -0.25) is 19.7 Å². The zero-order valence-corrected chi connectivity index (χ0v) is 10.1. The van der Waals surface area contributed by atoms with Gasteiger partial charge in [-0.25, -0.2) is 0 Å². The van der Waals surface area contributed by atoms with Crippen LogP contribution in [0.15, 0.2) is 23.8 Å². The van der Waals surface area contributed by atoms with Gasteiger partial charge in [0.25, 0.3) is 5.91 Å². The SMILES string of the molecule is O=C1CCC(N2CC3=CC=CC4OC34C2=O)C(=O)N1. The number of piperidine rings is 1. The van der Waals surface area contributed by atoms with E-state index in [9.17, 15) is 14.4 Å². The van der Waals surface area contributed by atoms with E-state index in [1.165, 1.54) is 0 Å². The number of nitrogens with zero attached hydrogens (tertiary/aromatic N) is 1. The third-order valence-electron chi connectivity index (χ3n) is 4.22. The van der Waals surface area contributed by atoms with Gasteiger partial charge in [-0.2, -0.15) is 0 Å². The van der Waals surface area contributed by atoms with E-state index < -0.39 is 11.6 Å². The Balaban J connectivity index is 1.63. The molecule has 19 heavy (non-hydrogen) atoms. The Morgan fingerprint density at radius 2 is 2.21 bits per heavy atom. The molecule has 3 atom stereocenters. The summed E-state index contributed by atoms with van der Waals surface area (Å²) in [5.41, 5.74) is 0.0749. The Hall–Kier alpha value is -1.95. The van der Waals surface area contributed by atoms with E-state index in [-0.39, 0.29) is 30.2 Å². The molecule has 6 heteroatoms. The lowest BCUT2D eigenvalue weighted by Crippen LogP contribution is -2.53. The van der Waals surface area contributed by atoms with Crippen LogP contribution in [0.3, 0.4) is 0 Å². The smallest absolute Gasteiger partial charge is 0.263 e. The number of hydrogen-bond donors (Lipinski definition) is 1. The zero-order valence-electron chi connectivity index (χ0n) is 10.1. The lowest BCUT2D eigenvalue weighted by Gasteiger charge is -2.29. The fourth-order valence-electron chi connectivity index (χ4n) is 3.18. The summed E-state index contributed by atoms with van der Waals surface area (Å²) in [4.78, 5) is 37.0. The Morgan fingerprint density at radius 1 is 1.37 bits per heavy atom. The molecule has 3 aliphatic heterocycles. The van der Waals surface area contributed by atoms with Crippen LogP contribution in [0.4, 0.5) is 0 Å². The third-order valence-corrected chi connectivity index (χ3v) is 4.22. The van der Waals surface area contributed by atoms with Gasteiger partial charge in [-0.1, -0.05) is 18.2 Å². The monoisotopic (exact) mass is 260 g/mol. The molecule has 1 aliphatic carbocycles. The lowest BCUT2D eigenvalue weighted by atomic mass is 9.94. The Labute approximate surface area is 109 Å². The summed E-state index contributed by atoms with van der Waals surface area (Å²) in [6.45, 7) is 0.409. The summed E-state index contributed by atoms with van der Waals surface area (Å²) in [6, 6.07) is -0.559. The van der Waals surface area contributed by atoms with Gasteiger partial charge in [-0.15, -0.1) is 0 Å². The number of allylic oxidation sites excluding steroid dienone is 2. The predicted molar refractivity (Wildman–Crippen MR) is 62.7 cm³/mol. The van der Waals surface area contributed by atoms with Crippen LogP contribution in [0.5, 0.6) is 0 Å². The van der Waals surface area contributed by atoms with Crippen molar-refractivity contribution in [3.63, 3.8) is 0 Å². The predicted octanol–water partition coefficient (Wildman–Crippen LogP) is -0.732. The molecule has 3 heterocycles. The van der Waals surface area contributed by atoms with E-state index in [0.29, 0.717) is 13.0 Å². The van der Waals surface area contributed by atoms with Crippen molar-refractivity contribution in [3.05, 3.63) is 23.8 Å². The number of epoxide rings is 1. The summed E-state index contributed by atoms with van der Waals surface area (Å²) >= 11 is 0. The van der Waals surface area contributed by atoms with Crippen LogP contribution in [0, 0.1) is 0 Å². The standard InChI is InChI=1S/C13H12N2O4/c16-10-5-4-8(11(17)14-10)15-6-7-2-1-3-9-13(7,19-9)12(15)18/h1-3,8-9H,4-6H2,(H,14,16,17). The van der Waals surface area contributed by atoms with Gasteiger partial charge in [0, 0.05) is 13.0 Å². The van der Waals surface area contributed by atoms with Crippen LogP contribution >= 0.6 is 0 Å². The summed E-state index contributed by atoms with van der Waals surface area (Å²) in [6.07, 6.45) is 6.10. The van der Waals surface area contributed by atoms with E-state index in [1.54, 1.807) is 4.90 Å². The van der Waals surface area contributed by atoms with E-state index >= 15 is 0 Å².